The number of hydrogen-bond acceptors (Lipinski definition) is 4. The van der Waals surface area contributed by atoms with Crippen molar-refractivity contribution < 1.29 is 15.0 Å². The van der Waals surface area contributed by atoms with Crippen LogP contribution < -0.4 is 0 Å². The van der Waals surface area contributed by atoms with E-state index in [1.807, 2.05) is 0 Å². The lowest BCUT2D eigenvalue weighted by Crippen LogP contribution is -2.06. The molecule has 0 aliphatic heterocycles. The number of nitrogens with zero attached hydrogens (tertiary/aromatic N) is 1. The van der Waals surface area contributed by atoms with E-state index in [1.54, 1.807) is 31.3 Å². The van der Waals surface area contributed by atoms with Gasteiger partial charge in [0.1, 0.15) is 17.8 Å². The number of phenolic OH excluding ortho intramolecular Hbond substituents is 2. The van der Waals surface area contributed by atoms with Crippen molar-refractivity contribution in [2.75, 3.05) is 0 Å². The summed E-state index contributed by atoms with van der Waals surface area (Å²) in [5.74, 6) is -0.763. The van der Waals surface area contributed by atoms with Crippen LogP contribution in [0.4, 0.5) is 0 Å². The summed E-state index contributed by atoms with van der Waals surface area (Å²) in [6.07, 6.45) is 2.33. The summed E-state index contributed by atoms with van der Waals surface area (Å²) in [7, 11) is 0. The lowest BCUT2D eigenvalue weighted by Gasteiger charge is -2.15. The van der Waals surface area contributed by atoms with E-state index in [1.165, 1.54) is 12.1 Å². The van der Waals surface area contributed by atoms with E-state index in [0.717, 1.165) is 6.29 Å². The summed E-state index contributed by atoms with van der Waals surface area (Å²) in [5.41, 5.74) is 1.69. The molecule has 0 aliphatic rings. The summed E-state index contributed by atoms with van der Waals surface area (Å²) in [5, 5.41) is 19.3. The number of rotatable bonds is 3. The van der Waals surface area contributed by atoms with Crippen LogP contribution in [0.3, 0.4) is 0 Å². The van der Waals surface area contributed by atoms with Gasteiger partial charge in [-0.2, -0.15) is 0 Å². The van der Waals surface area contributed by atoms with Gasteiger partial charge in [0, 0.05) is 17.8 Å². The molecular formula is C14H13NO3. The third kappa shape index (κ3) is 2.18. The Kier molecular flexibility index (Phi) is 3.28. The second-order valence-electron chi connectivity index (χ2n) is 4.06. The van der Waals surface area contributed by atoms with Gasteiger partial charge in [0.05, 0.1) is 11.6 Å². The summed E-state index contributed by atoms with van der Waals surface area (Å²) in [6.45, 7) is 1.73. The number of carbonyl (C=O) groups excluding carboxylic acids is 1. The van der Waals surface area contributed by atoms with Crippen LogP contribution in [0.15, 0.2) is 36.5 Å². The molecule has 1 atom stereocenters. The molecule has 0 aliphatic carbocycles. The Bertz CT molecular complexity index is 544. The Morgan fingerprint density at radius 1 is 1.28 bits per heavy atom. The van der Waals surface area contributed by atoms with Gasteiger partial charge < -0.3 is 15.0 Å². The Hall–Kier alpha value is -2.36. The molecule has 4 heteroatoms. The van der Waals surface area contributed by atoms with Crippen LogP contribution in [0, 0.1) is 6.92 Å². The van der Waals surface area contributed by atoms with Crippen LogP contribution in [0.5, 0.6) is 11.5 Å². The van der Waals surface area contributed by atoms with Gasteiger partial charge >= 0.3 is 0 Å². The van der Waals surface area contributed by atoms with Gasteiger partial charge in [-0.15, -0.1) is 0 Å². The minimum atomic E-state index is -0.633. The second-order valence-corrected chi connectivity index (χ2v) is 4.06. The Balaban J connectivity index is 2.56. The first-order valence-electron chi connectivity index (χ1n) is 5.52. The lowest BCUT2D eigenvalue weighted by molar-refractivity contribution is -0.108. The largest absolute Gasteiger partial charge is 0.508 e. The molecule has 0 unspecified atom stereocenters. The molecule has 0 saturated heterocycles. The fraction of sp³-hybridized carbons (Fsp3) is 0.143. The van der Waals surface area contributed by atoms with Crippen molar-refractivity contribution in [3.63, 3.8) is 0 Å². The van der Waals surface area contributed by atoms with Crippen LogP contribution in [-0.2, 0) is 4.79 Å². The summed E-state index contributed by atoms with van der Waals surface area (Å²) >= 11 is 0. The molecule has 0 amide bonds. The van der Waals surface area contributed by atoms with E-state index in [2.05, 4.69) is 4.98 Å². The van der Waals surface area contributed by atoms with Gasteiger partial charge in [-0.3, -0.25) is 4.98 Å². The van der Waals surface area contributed by atoms with Crippen molar-refractivity contribution in [3.05, 3.63) is 53.3 Å². The molecule has 92 valence electrons. The van der Waals surface area contributed by atoms with E-state index < -0.39 is 5.92 Å². The first kappa shape index (κ1) is 12.1. The van der Waals surface area contributed by atoms with Gasteiger partial charge in [0.2, 0.25) is 0 Å². The van der Waals surface area contributed by atoms with E-state index in [4.69, 9.17) is 0 Å². The van der Waals surface area contributed by atoms with Gasteiger partial charge in [-0.05, 0) is 30.7 Å². The van der Waals surface area contributed by atoms with Gasteiger partial charge in [-0.25, -0.2) is 0 Å². The molecule has 1 heterocycles. The van der Waals surface area contributed by atoms with Gasteiger partial charge in [0.15, 0.2) is 0 Å². The fourth-order valence-electron chi connectivity index (χ4n) is 2.01. The molecule has 1 aromatic heterocycles. The second kappa shape index (κ2) is 4.87. The number of aldehydes is 1. The zero-order chi connectivity index (χ0) is 13.1. The minimum Gasteiger partial charge on any atom is -0.508 e. The highest BCUT2D eigenvalue weighted by atomic mass is 16.3. The Morgan fingerprint density at radius 3 is 2.61 bits per heavy atom. The standard InChI is InChI=1S/C14H13NO3/c1-9-6-10(17)7-13(18)14(9)11(8-16)12-4-2-3-5-15-12/h2-8,11,17-18H,1H3/t11-/m1/s1. The van der Waals surface area contributed by atoms with Crippen LogP contribution in [0.1, 0.15) is 22.7 Å². The highest BCUT2D eigenvalue weighted by Crippen LogP contribution is 2.34. The van der Waals surface area contributed by atoms with Crippen molar-refractivity contribution in [1.29, 1.82) is 0 Å². The molecule has 0 spiro atoms. The predicted molar refractivity (Wildman–Crippen MR) is 66.7 cm³/mol. The number of benzene rings is 1. The number of hydrogen-bond donors (Lipinski definition) is 2. The quantitative estimate of drug-likeness (QED) is 0.810. The average molecular weight is 243 g/mol. The van der Waals surface area contributed by atoms with Crippen LogP contribution in [0.25, 0.3) is 0 Å². The van der Waals surface area contributed by atoms with Crippen molar-refractivity contribution >= 4 is 6.29 Å². The lowest BCUT2D eigenvalue weighted by atomic mass is 9.91. The molecule has 1 aromatic carbocycles. The van der Waals surface area contributed by atoms with Crippen LogP contribution in [-0.4, -0.2) is 21.5 Å². The summed E-state index contributed by atoms with van der Waals surface area (Å²) < 4.78 is 0. The third-order valence-electron chi connectivity index (χ3n) is 2.80. The van der Waals surface area contributed by atoms with Crippen LogP contribution >= 0.6 is 0 Å². The summed E-state index contributed by atoms with van der Waals surface area (Å²) in [4.78, 5) is 15.4. The predicted octanol–water partition coefficient (Wildman–Crippen LogP) is 2.13. The van der Waals surface area contributed by atoms with E-state index in [0.29, 0.717) is 16.8 Å². The number of phenols is 2. The first-order valence-corrected chi connectivity index (χ1v) is 5.52. The molecule has 0 bridgehead atoms. The monoisotopic (exact) mass is 243 g/mol. The molecule has 0 fully saturated rings. The maximum atomic E-state index is 11.3. The number of aryl methyl sites for hydroxylation is 1. The maximum absolute atomic E-state index is 11.3. The zero-order valence-electron chi connectivity index (χ0n) is 9.87. The summed E-state index contributed by atoms with van der Waals surface area (Å²) in [6, 6.07) is 8.00. The topological polar surface area (TPSA) is 70.4 Å². The first-order chi connectivity index (χ1) is 8.63. The number of pyridine rings is 1. The number of aromatic nitrogens is 1. The number of aromatic hydroxyl groups is 2. The molecule has 18 heavy (non-hydrogen) atoms. The fourth-order valence-corrected chi connectivity index (χ4v) is 2.01. The Labute approximate surface area is 105 Å². The SMILES string of the molecule is Cc1cc(O)cc(O)c1[C@H](C=O)c1ccccn1. The van der Waals surface area contributed by atoms with E-state index in [-0.39, 0.29) is 11.5 Å². The maximum Gasteiger partial charge on any atom is 0.133 e. The van der Waals surface area contributed by atoms with Crippen molar-refractivity contribution in [1.82, 2.24) is 4.98 Å². The smallest absolute Gasteiger partial charge is 0.133 e. The zero-order valence-corrected chi connectivity index (χ0v) is 9.87. The van der Waals surface area contributed by atoms with Crippen LogP contribution in [0.2, 0.25) is 0 Å². The number of carbonyl (C=O) groups is 1. The highest BCUT2D eigenvalue weighted by Gasteiger charge is 2.20. The molecule has 2 aromatic rings. The molecule has 0 saturated carbocycles. The molecule has 0 radical (unpaired) electrons. The minimum absolute atomic E-state index is 0.0283. The van der Waals surface area contributed by atoms with Crippen molar-refractivity contribution in [2.24, 2.45) is 0 Å². The molecule has 2 rings (SSSR count). The molecule has 4 nitrogen and oxygen atoms in total. The highest BCUT2D eigenvalue weighted by molar-refractivity contribution is 5.70. The van der Waals surface area contributed by atoms with Gasteiger partial charge in [0.25, 0.3) is 0 Å². The molecule has 2 N–H and O–H groups in total. The average Bonchev–Trinajstić information content (AvgIpc) is 2.34. The van der Waals surface area contributed by atoms with Crippen molar-refractivity contribution in [2.45, 2.75) is 12.8 Å². The molecular weight excluding hydrogens is 230 g/mol. The van der Waals surface area contributed by atoms with E-state index in [9.17, 15) is 15.0 Å². The third-order valence-corrected chi connectivity index (χ3v) is 2.80. The van der Waals surface area contributed by atoms with E-state index >= 15 is 0 Å². The van der Waals surface area contributed by atoms with Gasteiger partial charge in [-0.1, -0.05) is 6.07 Å². The Morgan fingerprint density at radius 2 is 2.06 bits per heavy atom. The van der Waals surface area contributed by atoms with Crippen molar-refractivity contribution in [3.8, 4) is 11.5 Å². The normalized spacial score (nSPS) is 12.1.